The van der Waals surface area contributed by atoms with E-state index in [0.717, 1.165) is 25.9 Å². The number of rotatable bonds is 3. The van der Waals surface area contributed by atoms with E-state index in [9.17, 15) is 0 Å². The molecule has 0 radical (unpaired) electrons. The normalized spacial score (nSPS) is 18.5. The van der Waals surface area contributed by atoms with E-state index in [2.05, 4.69) is 52.1 Å². The van der Waals surface area contributed by atoms with E-state index in [1.165, 1.54) is 27.7 Å². The van der Waals surface area contributed by atoms with Gasteiger partial charge in [0.25, 0.3) is 0 Å². The van der Waals surface area contributed by atoms with E-state index in [1.54, 1.807) is 0 Å². The van der Waals surface area contributed by atoms with Crippen LogP contribution in [0.25, 0.3) is 10.9 Å². The summed E-state index contributed by atoms with van der Waals surface area (Å²) >= 11 is 0. The lowest BCUT2D eigenvalue weighted by Gasteiger charge is -2.35. The van der Waals surface area contributed by atoms with Gasteiger partial charge in [-0.15, -0.1) is 0 Å². The number of fused-ring (bicyclic) bond motifs is 3. The first-order chi connectivity index (χ1) is 10.9. The van der Waals surface area contributed by atoms with Gasteiger partial charge in [0.2, 0.25) is 0 Å². The third-order valence-electron chi connectivity index (χ3n) is 4.76. The molecule has 0 amide bonds. The Balaban J connectivity index is 1.70. The second kappa shape index (κ2) is 5.58. The van der Waals surface area contributed by atoms with Crippen molar-refractivity contribution in [2.75, 3.05) is 6.54 Å². The lowest BCUT2D eigenvalue weighted by molar-refractivity contribution is 0.168. The van der Waals surface area contributed by atoms with Crippen molar-refractivity contribution in [3.63, 3.8) is 0 Å². The average Bonchev–Trinajstić information content (AvgIpc) is 2.94. The van der Waals surface area contributed by atoms with Crippen LogP contribution in [0.1, 0.15) is 36.2 Å². The average molecular weight is 291 g/mol. The van der Waals surface area contributed by atoms with Crippen molar-refractivity contribution in [3.8, 4) is 0 Å². The van der Waals surface area contributed by atoms with E-state index < -0.39 is 0 Å². The molecular weight excluding hydrogens is 270 g/mol. The molecule has 0 bridgehead atoms. The van der Waals surface area contributed by atoms with Gasteiger partial charge in [0.15, 0.2) is 0 Å². The zero-order valence-corrected chi connectivity index (χ0v) is 12.9. The molecule has 4 rings (SSSR count). The Kier molecular flexibility index (Phi) is 3.43. The summed E-state index contributed by atoms with van der Waals surface area (Å²) in [5.41, 5.74) is 5.50. The van der Waals surface area contributed by atoms with Gasteiger partial charge < -0.3 is 4.98 Å². The predicted octanol–water partition coefficient (Wildman–Crippen LogP) is 4.07. The predicted molar refractivity (Wildman–Crippen MR) is 89.7 cm³/mol. The second-order valence-corrected chi connectivity index (χ2v) is 6.07. The summed E-state index contributed by atoms with van der Waals surface area (Å²) in [6, 6.07) is 13.3. The molecule has 1 aliphatic heterocycles. The van der Waals surface area contributed by atoms with Crippen LogP contribution in [0, 0.1) is 0 Å². The Morgan fingerprint density at radius 2 is 2.14 bits per heavy atom. The molecular formula is C19H21N3. The van der Waals surface area contributed by atoms with Crippen molar-refractivity contribution in [1.29, 1.82) is 0 Å². The number of aromatic amines is 1. The van der Waals surface area contributed by atoms with Crippen LogP contribution >= 0.6 is 0 Å². The van der Waals surface area contributed by atoms with Gasteiger partial charge in [-0.1, -0.05) is 31.2 Å². The number of para-hydroxylation sites is 1. The van der Waals surface area contributed by atoms with Crippen molar-refractivity contribution in [2.24, 2.45) is 0 Å². The molecule has 22 heavy (non-hydrogen) atoms. The lowest BCUT2D eigenvalue weighted by Crippen LogP contribution is -2.34. The number of H-pyrrole nitrogens is 1. The minimum atomic E-state index is 0.469. The van der Waals surface area contributed by atoms with Crippen molar-refractivity contribution in [1.82, 2.24) is 14.9 Å². The molecule has 1 unspecified atom stereocenters. The molecule has 0 saturated heterocycles. The fourth-order valence-electron chi connectivity index (χ4n) is 3.75. The number of nitrogens with zero attached hydrogens (tertiary/aromatic N) is 2. The van der Waals surface area contributed by atoms with Crippen LogP contribution < -0.4 is 0 Å². The first-order valence-corrected chi connectivity index (χ1v) is 8.09. The van der Waals surface area contributed by atoms with Crippen LogP contribution in [0.3, 0.4) is 0 Å². The summed E-state index contributed by atoms with van der Waals surface area (Å²) in [6.45, 7) is 4.37. The van der Waals surface area contributed by atoms with Gasteiger partial charge in [-0.25, -0.2) is 0 Å². The molecule has 1 N–H and O–H groups in total. The van der Waals surface area contributed by atoms with Crippen LogP contribution in [-0.4, -0.2) is 21.4 Å². The van der Waals surface area contributed by atoms with Crippen LogP contribution in [0.5, 0.6) is 0 Å². The summed E-state index contributed by atoms with van der Waals surface area (Å²) < 4.78 is 0. The maximum atomic E-state index is 4.25. The minimum Gasteiger partial charge on any atom is -0.357 e. The zero-order chi connectivity index (χ0) is 14.9. The van der Waals surface area contributed by atoms with E-state index in [0.29, 0.717) is 6.04 Å². The number of aromatic nitrogens is 2. The van der Waals surface area contributed by atoms with E-state index in [4.69, 9.17) is 0 Å². The molecule has 0 spiro atoms. The number of pyridine rings is 1. The fourth-order valence-corrected chi connectivity index (χ4v) is 3.75. The summed E-state index contributed by atoms with van der Waals surface area (Å²) in [5.74, 6) is 0. The molecule has 3 nitrogen and oxygen atoms in total. The summed E-state index contributed by atoms with van der Waals surface area (Å²) in [5, 5.41) is 1.40. The smallest absolute Gasteiger partial charge is 0.0502 e. The van der Waals surface area contributed by atoms with Crippen molar-refractivity contribution in [3.05, 3.63) is 65.6 Å². The molecule has 112 valence electrons. The third kappa shape index (κ3) is 2.22. The fraction of sp³-hybridized carbons (Fsp3) is 0.316. The SMILES string of the molecule is CCC1c2[nH]c3ccccc3c2CCN1Cc1cccnc1. The molecule has 0 fully saturated rings. The highest BCUT2D eigenvalue weighted by Gasteiger charge is 2.28. The van der Waals surface area contributed by atoms with Gasteiger partial charge in [0.05, 0.1) is 6.04 Å². The highest BCUT2D eigenvalue weighted by Crippen LogP contribution is 2.36. The van der Waals surface area contributed by atoms with Crippen LogP contribution in [-0.2, 0) is 13.0 Å². The van der Waals surface area contributed by atoms with E-state index in [1.807, 2.05) is 18.5 Å². The standard InChI is InChI=1S/C19H21N3/c1-2-18-19-16(15-7-3-4-8-17(15)21-19)9-11-22(18)13-14-6-5-10-20-12-14/h3-8,10,12,18,21H,2,9,11,13H2,1H3. The number of hydrogen-bond donors (Lipinski definition) is 1. The maximum absolute atomic E-state index is 4.25. The zero-order valence-electron chi connectivity index (χ0n) is 12.9. The molecule has 2 aromatic heterocycles. The summed E-state index contributed by atoms with van der Waals surface area (Å²) in [7, 11) is 0. The monoisotopic (exact) mass is 291 g/mol. The number of hydrogen-bond acceptors (Lipinski definition) is 2. The Hall–Kier alpha value is -2.13. The number of nitrogens with one attached hydrogen (secondary N) is 1. The second-order valence-electron chi connectivity index (χ2n) is 6.07. The largest absolute Gasteiger partial charge is 0.357 e. The molecule has 3 aromatic rings. The maximum Gasteiger partial charge on any atom is 0.0502 e. The summed E-state index contributed by atoms with van der Waals surface area (Å²) in [6.07, 6.45) is 6.07. The van der Waals surface area contributed by atoms with Gasteiger partial charge >= 0.3 is 0 Å². The highest BCUT2D eigenvalue weighted by atomic mass is 15.2. The van der Waals surface area contributed by atoms with Crippen LogP contribution in [0.2, 0.25) is 0 Å². The van der Waals surface area contributed by atoms with Gasteiger partial charge in [-0.05, 0) is 36.1 Å². The molecule has 1 aliphatic rings. The van der Waals surface area contributed by atoms with Gasteiger partial charge in [0, 0.05) is 42.1 Å². The van der Waals surface area contributed by atoms with Crippen molar-refractivity contribution >= 4 is 10.9 Å². The Morgan fingerprint density at radius 1 is 1.23 bits per heavy atom. The van der Waals surface area contributed by atoms with Crippen molar-refractivity contribution in [2.45, 2.75) is 32.4 Å². The van der Waals surface area contributed by atoms with E-state index in [-0.39, 0.29) is 0 Å². The molecule has 3 heteroatoms. The van der Waals surface area contributed by atoms with Gasteiger partial charge in [0.1, 0.15) is 0 Å². The third-order valence-corrected chi connectivity index (χ3v) is 4.76. The quantitative estimate of drug-likeness (QED) is 0.788. The topological polar surface area (TPSA) is 31.9 Å². The molecule has 3 heterocycles. The highest BCUT2D eigenvalue weighted by molar-refractivity contribution is 5.85. The van der Waals surface area contributed by atoms with E-state index >= 15 is 0 Å². The minimum absolute atomic E-state index is 0.469. The summed E-state index contributed by atoms with van der Waals surface area (Å²) in [4.78, 5) is 10.5. The number of benzene rings is 1. The van der Waals surface area contributed by atoms with Gasteiger partial charge in [-0.2, -0.15) is 0 Å². The molecule has 1 atom stereocenters. The molecule has 0 aliphatic carbocycles. The lowest BCUT2D eigenvalue weighted by atomic mass is 9.95. The van der Waals surface area contributed by atoms with Crippen LogP contribution in [0.15, 0.2) is 48.8 Å². The van der Waals surface area contributed by atoms with Crippen molar-refractivity contribution < 1.29 is 0 Å². The first-order valence-electron chi connectivity index (χ1n) is 8.09. The Bertz CT molecular complexity index is 776. The molecule has 0 saturated carbocycles. The van der Waals surface area contributed by atoms with Gasteiger partial charge in [-0.3, -0.25) is 9.88 Å². The first kappa shape index (κ1) is 13.5. The van der Waals surface area contributed by atoms with Crippen LogP contribution in [0.4, 0.5) is 0 Å². The Morgan fingerprint density at radius 3 is 2.95 bits per heavy atom. The Labute approximate surface area is 131 Å². The molecule has 1 aromatic carbocycles.